The first-order valence-corrected chi connectivity index (χ1v) is 7.39. The van der Waals surface area contributed by atoms with Crippen LogP contribution in [0.4, 0.5) is 5.69 Å². The molecule has 4 rings (SSSR count). The molecule has 0 bridgehead atoms. The number of hydroxylamine groups is 1. The van der Waals surface area contributed by atoms with Crippen molar-refractivity contribution >= 4 is 27.2 Å². The van der Waals surface area contributed by atoms with E-state index in [9.17, 15) is 5.11 Å². The third kappa shape index (κ3) is 2.24. The molecule has 0 radical (unpaired) electrons. The quantitative estimate of drug-likeness (QED) is 0.804. The van der Waals surface area contributed by atoms with Gasteiger partial charge in [-0.25, -0.2) is 4.98 Å². The van der Waals surface area contributed by atoms with Crippen molar-refractivity contribution in [3.8, 4) is 5.19 Å². The summed E-state index contributed by atoms with van der Waals surface area (Å²) < 4.78 is 1.00. The second kappa shape index (κ2) is 5.24. The molecule has 0 saturated carbocycles. The lowest BCUT2D eigenvalue weighted by Gasteiger charge is -2.21. The molecule has 2 aromatic carbocycles. The molecule has 0 amide bonds. The average Bonchev–Trinajstić information content (AvgIpc) is 3.12. The number of anilines is 1. The summed E-state index contributed by atoms with van der Waals surface area (Å²) in [5, 5.41) is 20.7. The minimum Gasteiger partial charge on any atom is -0.351 e. The molecule has 1 atom stereocenters. The van der Waals surface area contributed by atoms with E-state index in [0.29, 0.717) is 10.9 Å². The van der Waals surface area contributed by atoms with Crippen LogP contribution in [0.15, 0.2) is 65.0 Å². The summed E-state index contributed by atoms with van der Waals surface area (Å²) in [6, 6.07) is 16.9. The van der Waals surface area contributed by atoms with E-state index in [1.165, 1.54) is 16.3 Å². The number of thiazole rings is 1. The zero-order valence-corrected chi connectivity index (χ0v) is 12.1. The molecule has 110 valence electrons. The van der Waals surface area contributed by atoms with Crippen LogP contribution >= 0.6 is 11.3 Å². The van der Waals surface area contributed by atoms with Gasteiger partial charge in [0.2, 0.25) is 0 Å². The van der Waals surface area contributed by atoms with Crippen LogP contribution < -0.4 is 9.85 Å². The van der Waals surface area contributed by atoms with Crippen LogP contribution in [-0.4, -0.2) is 21.6 Å². The molecule has 0 spiro atoms. The molecule has 2 heterocycles. The molecule has 1 aromatic heterocycles. The Morgan fingerprint density at radius 3 is 2.59 bits per heavy atom. The summed E-state index contributed by atoms with van der Waals surface area (Å²) in [5.41, 5.74) is 1.56. The lowest BCUT2D eigenvalue weighted by Crippen LogP contribution is -2.40. The van der Waals surface area contributed by atoms with Gasteiger partial charge in [-0.1, -0.05) is 41.7 Å². The van der Waals surface area contributed by atoms with Crippen molar-refractivity contribution < 1.29 is 9.94 Å². The summed E-state index contributed by atoms with van der Waals surface area (Å²) in [4.78, 5) is 9.84. The van der Waals surface area contributed by atoms with E-state index < -0.39 is 6.35 Å². The van der Waals surface area contributed by atoms with Crippen LogP contribution in [-0.2, 0) is 0 Å². The molecule has 0 fully saturated rings. The second-order valence-electron chi connectivity index (χ2n) is 4.55. The molecule has 1 aliphatic rings. The third-order valence-corrected chi connectivity index (χ3v) is 4.01. The van der Waals surface area contributed by atoms with Crippen molar-refractivity contribution in [1.82, 2.24) is 10.2 Å². The SMILES string of the molecule is OC1N(Oc2nc3ccccc3s2)N=NN1c1ccccc1. The number of hydrogen-bond donors (Lipinski definition) is 1. The van der Waals surface area contributed by atoms with E-state index in [4.69, 9.17) is 4.84 Å². The largest absolute Gasteiger partial charge is 0.351 e. The van der Waals surface area contributed by atoms with Crippen LogP contribution in [0.25, 0.3) is 10.2 Å². The molecular weight excluding hydrogens is 302 g/mol. The summed E-state index contributed by atoms with van der Waals surface area (Å²) in [5.74, 6) is 0. The summed E-state index contributed by atoms with van der Waals surface area (Å²) in [7, 11) is 0. The maximum Gasteiger partial charge on any atom is 0.306 e. The van der Waals surface area contributed by atoms with Crippen LogP contribution in [0.1, 0.15) is 0 Å². The normalized spacial score (nSPS) is 17.4. The molecule has 22 heavy (non-hydrogen) atoms. The number of aromatic nitrogens is 1. The highest BCUT2D eigenvalue weighted by Crippen LogP contribution is 2.30. The van der Waals surface area contributed by atoms with Gasteiger partial charge in [0.1, 0.15) is 0 Å². The average molecular weight is 313 g/mol. The Labute approximate surface area is 129 Å². The van der Waals surface area contributed by atoms with Crippen LogP contribution in [0.2, 0.25) is 0 Å². The number of fused-ring (bicyclic) bond motifs is 1. The van der Waals surface area contributed by atoms with Gasteiger partial charge in [-0.15, -0.1) is 0 Å². The van der Waals surface area contributed by atoms with Crippen molar-refractivity contribution in [1.29, 1.82) is 0 Å². The van der Waals surface area contributed by atoms with Gasteiger partial charge in [0.25, 0.3) is 6.35 Å². The fraction of sp³-hybridized carbons (Fsp3) is 0.0714. The van der Waals surface area contributed by atoms with Crippen LogP contribution in [0.3, 0.4) is 0 Å². The van der Waals surface area contributed by atoms with Crippen molar-refractivity contribution in [3.63, 3.8) is 0 Å². The minimum atomic E-state index is -1.14. The Balaban J connectivity index is 1.53. The standard InChI is InChI=1S/C14H11N5O2S/c20-14-18(10-6-2-1-3-7-10)16-17-19(14)21-13-15-11-8-4-5-9-12(11)22-13/h1-9,14,20H. The number of aliphatic hydroxyl groups is 1. The van der Waals surface area contributed by atoms with E-state index in [1.54, 1.807) is 0 Å². The molecule has 7 nitrogen and oxygen atoms in total. The summed E-state index contributed by atoms with van der Waals surface area (Å²) >= 11 is 1.38. The van der Waals surface area contributed by atoms with Crippen LogP contribution in [0.5, 0.6) is 5.19 Å². The maximum atomic E-state index is 10.3. The number of hydrogen-bond acceptors (Lipinski definition) is 8. The van der Waals surface area contributed by atoms with E-state index >= 15 is 0 Å². The van der Waals surface area contributed by atoms with Gasteiger partial charge in [0.15, 0.2) is 0 Å². The first-order valence-electron chi connectivity index (χ1n) is 6.58. The van der Waals surface area contributed by atoms with Gasteiger partial charge < -0.3 is 9.94 Å². The Kier molecular flexibility index (Phi) is 3.10. The Hall–Kier alpha value is -2.71. The van der Waals surface area contributed by atoms with Gasteiger partial charge in [0, 0.05) is 0 Å². The van der Waals surface area contributed by atoms with Crippen molar-refractivity contribution in [2.45, 2.75) is 6.35 Å². The summed E-state index contributed by atoms with van der Waals surface area (Å²) in [6.07, 6.45) is -1.14. The van der Waals surface area contributed by atoms with Gasteiger partial charge in [-0.05, 0) is 39.9 Å². The number of benzene rings is 2. The summed E-state index contributed by atoms with van der Waals surface area (Å²) in [6.45, 7) is 0. The van der Waals surface area contributed by atoms with Crippen LogP contribution in [0, 0.1) is 0 Å². The lowest BCUT2D eigenvalue weighted by molar-refractivity contribution is -0.156. The highest BCUT2D eigenvalue weighted by Gasteiger charge is 2.31. The highest BCUT2D eigenvalue weighted by atomic mass is 32.1. The van der Waals surface area contributed by atoms with E-state index in [2.05, 4.69) is 15.4 Å². The molecular formula is C14H11N5O2S. The molecule has 1 N–H and O–H groups in total. The third-order valence-electron chi connectivity index (χ3n) is 3.11. The predicted octanol–water partition coefficient (Wildman–Crippen LogP) is 2.97. The van der Waals surface area contributed by atoms with Gasteiger partial charge in [-0.2, -0.15) is 5.01 Å². The van der Waals surface area contributed by atoms with E-state index in [-0.39, 0.29) is 0 Å². The number of nitrogens with zero attached hydrogens (tertiary/aromatic N) is 5. The molecule has 3 aromatic rings. The number of rotatable bonds is 3. The van der Waals surface area contributed by atoms with E-state index in [0.717, 1.165) is 15.4 Å². The monoisotopic (exact) mass is 313 g/mol. The maximum absolute atomic E-state index is 10.3. The van der Waals surface area contributed by atoms with Crippen molar-refractivity contribution in [2.75, 3.05) is 5.01 Å². The molecule has 0 saturated heterocycles. The molecule has 8 heteroatoms. The number of aliphatic hydroxyl groups excluding tert-OH is 1. The van der Waals surface area contributed by atoms with Crippen molar-refractivity contribution in [3.05, 3.63) is 54.6 Å². The highest BCUT2D eigenvalue weighted by molar-refractivity contribution is 7.20. The zero-order valence-electron chi connectivity index (χ0n) is 11.3. The van der Waals surface area contributed by atoms with Gasteiger partial charge in [-0.3, -0.25) is 0 Å². The minimum absolute atomic E-state index is 0.397. The fourth-order valence-electron chi connectivity index (χ4n) is 2.07. The fourth-order valence-corrected chi connectivity index (χ4v) is 2.88. The van der Waals surface area contributed by atoms with E-state index in [1.807, 2.05) is 54.6 Å². The predicted molar refractivity (Wildman–Crippen MR) is 81.9 cm³/mol. The van der Waals surface area contributed by atoms with Gasteiger partial charge >= 0.3 is 5.19 Å². The lowest BCUT2D eigenvalue weighted by atomic mass is 10.3. The second-order valence-corrected chi connectivity index (χ2v) is 5.54. The Morgan fingerprint density at radius 2 is 1.77 bits per heavy atom. The Bertz CT molecular complexity index is 789. The smallest absolute Gasteiger partial charge is 0.306 e. The van der Waals surface area contributed by atoms with Gasteiger partial charge in [0.05, 0.1) is 15.9 Å². The topological polar surface area (TPSA) is 73.5 Å². The Morgan fingerprint density at radius 1 is 1.00 bits per heavy atom. The molecule has 0 aliphatic carbocycles. The molecule has 1 aliphatic heterocycles. The van der Waals surface area contributed by atoms with Crippen molar-refractivity contribution in [2.24, 2.45) is 10.4 Å². The first kappa shape index (κ1) is 13.0. The molecule has 1 unspecified atom stereocenters. The first-order chi connectivity index (χ1) is 10.8. The zero-order chi connectivity index (χ0) is 14.9. The number of para-hydroxylation sites is 2.